The first-order chi connectivity index (χ1) is 13.9. The number of nitrogens with one attached hydrogen (secondary N) is 2. The average molecular weight is 417 g/mol. The topological polar surface area (TPSA) is 95.5 Å². The summed E-state index contributed by atoms with van der Waals surface area (Å²) in [6.07, 6.45) is 9.71. The summed E-state index contributed by atoms with van der Waals surface area (Å²) in [5, 5.41) is 15.6. The van der Waals surface area contributed by atoms with Crippen molar-refractivity contribution in [2.24, 2.45) is 29.6 Å². The Balaban J connectivity index is 1.41. The van der Waals surface area contributed by atoms with Crippen LogP contribution in [0.5, 0.6) is 0 Å². The van der Waals surface area contributed by atoms with Crippen LogP contribution >= 0.6 is 11.6 Å². The zero-order valence-corrected chi connectivity index (χ0v) is 16.8. The van der Waals surface area contributed by atoms with E-state index < -0.39 is 17.8 Å². The van der Waals surface area contributed by atoms with Crippen LogP contribution in [0, 0.1) is 29.6 Å². The van der Waals surface area contributed by atoms with Crippen molar-refractivity contribution < 1.29 is 19.5 Å². The van der Waals surface area contributed by atoms with Crippen molar-refractivity contribution in [3.8, 4) is 0 Å². The molecule has 2 saturated carbocycles. The normalized spacial score (nSPS) is 28.3. The molecule has 2 bridgehead atoms. The van der Waals surface area contributed by atoms with Gasteiger partial charge in [-0.25, -0.2) is 0 Å². The van der Waals surface area contributed by atoms with E-state index in [1.807, 2.05) is 12.2 Å². The Hall–Kier alpha value is -2.34. The molecule has 3 N–H and O–H groups in total. The predicted molar refractivity (Wildman–Crippen MR) is 111 cm³/mol. The summed E-state index contributed by atoms with van der Waals surface area (Å²) in [6.45, 7) is 0. The van der Waals surface area contributed by atoms with Gasteiger partial charge in [0.05, 0.1) is 22.5 Å². The van der Waals surface area contributed by atoms with Crippen LogP contribution < -0.4 is 10.6 Å². The number of hydrogen-bond donors (Lipinski definition) is 3. The fourth-order valence-corrected chi connectivity index (χ4v) is 5.26. The molecular weight excluding hydrogens is 392 g/mol. The van der Waals surface area contributed by atoms with Gasteiger partial charge in [-0.1, -0.05) is 43.0 Å². The van der Waals surface area contributed by atoms with Gasteiger partial charge in [-0.05, 0) is 49.3 Å². The molecule has 4 atom stereocenters. The predicted octanol–water partition coefficient (Wildman–Crippen LogP) is 4.32. The highest BCUT2D eigenvalue weighted by atomic mass is 35.5. The Morgan fingerprint density at radius 2 is 1.62 bits per heavy atom. The lowest BCUT2D eigenvalue weighted by molar-refractivity contribution is -0.146. The van der Waals surface area contributed by atoms with E-state index in [0.717, 1.165) is 25.7 Å². The summed E-state index contributed by atoms with van der Waals surface area (Å²) < 4.78 is 0. The Morgan fingerprint density at radius 1 is 0.931 bits per heavy atom. The van der Waals surface area contributed by atoms with Crippen molar-refractivity contribution in [1.82, 2.24) is 0 Å². The third kappa shape index (κ3) is 4.04. The summed E-state index contributed by atoms with van der Waals surface area (Å²) in [4.78, 5) is 36.8. The molecule has 0 radical (unpaired) electrons. The Labute approximate surface area is 174 Å². The van der Waals surface area contributed by atoms with Gasteiger partial charge in [-0.3, -0.25) is 14.4 Å². The minimum absolute atomic E-state index is 0.0125. The number of rotatable bonds is 5. The van der Waals surface area contributed by atoms with Crippen molar-refractivity contribution in [1.29, 1.82) is 0 Å². The molecule has 6 nitrogen and oxygen atoms in total. The Kier molecular flexibility index (Phi) is 5.63. The van der Waals surface area contributed by atoms with Crippen LogP contribution in [0.25, 0.3) is 0 Å². The molecular formula is C22H25ClN2O4. The van der Waals surface area contributed by atoms with Crippen LogP contribution in [-0.2, 0) is 14.4 Å². The van der Waals surface area contributed by atoms with Crippen LogP contribution in [-0.4, -0.2) is 22.9 Å². The molecule has 0 heterocycles. The second kappa shape index (κ2) is 8.19. The Bertz CT molecular complexity index is 862. The quantitative estimate of drug-likeness (QED) is 0.623. The molecule has 1 aromatic rings. The standard InChI is InChI=1S/C22H25ClN2O4/c23-16-11-15(8-9-17(16)25-20(26)12-4-2-1-3-5-12)24-21(27)18-13-6-7-14(10-13)19(18)22(28)29/h6-9,11-14,18-19H,1-5,10H2,(H,24,27)(H,25,26)(H,28,29)/t13-,14-,18-,19-/m0/s1. The highest BCUT2D eigenvalue weighted by Gasteiger charge is 2.51. The number of hydrogen-bond acceptors (Lipinski definition) is 3. The number of halogens is 1. The van der Waals surface area contributed by atoms with Crippen LogP contribution in [0.3, 0.4) is 0 Å². The summed E-state index contributed by atoms with van der Waals surface area (Å²) in [5.41, 5.74) is 1.01. The van der Waals surface area contributed by atoms with E-state index in [9.17, 15) is 19.5 Å². The highest BCUT2D eigenvalue weighted by Crippen LogP contribution is 2.48. The van der Waals surface area contributed by atoms with Gasteiger partial charge < -0.3 is 15.7 Å². The van der Waals surface area contributed by atoms with Gasteiger partial charge in [0.1, 0.15) is 0 Å². The maximum atomic E-state index is 12.8. The van der Waals surface area contributed by atoms with E-state index in [1.165, 1.54) is 6.42 Å². The van der Waals surface area contributed by atoms with Gasteiger partial charge in [0, 0.05) is 11.6 Å². The third-order valence-electron chi connectivity index (χ3n) is 6.52. The fraction of sp³-hybridized carbons (Fsp3) is 0.500. The van der Waals surface area contributed by atoms with Crippen LogP contribution in [0.2, 0.25) is 5.02 Å². The molecule has 0 spiro atoms. The van der Waals surface area contributed by atoms with Crippen molar-refractivity contribution in [2.45, 2.75) is 38.5 Å². The van der Waals surface area contributed by atoms with Crippen molar-refractivity contribution in [3.63, 3.8) is 0 Å². The number of aliphatic carboxylic acids is 1. The van der Waals surface area contributed by atoms with Gasteiger partial charge in [0.2, 0.25) is 11.8 Å². The lowest BCUT2D eigenvalue weighted by atomic mass is 9.82. The summed E-state index contributed by atoms with van der Waals surface area (Å²) in [7, 11) is 0. The molecule has 0 saturated heterocycles. The molecule has 0 aromatic heterocycles. The lowest BCUT2D eigenvalue weighted by Crippen LogP contribution is -2.36. The zero-order chi connectivity index (χ0) is 20.5. The zero-order valence-electron chi connectivity index (χ0n) is 16.1. The first-order valence-corrected chi connectivity index (χ1v) is 10.6. The highest BCUT2D eigenvalue weighted by molar-refractivity contribution is 6.34. The summed E-state index contributed by atoms with van der Waals surface area (Å²) in [5.74, 6) is -2.59. The number of carboxylic acid groups (broad SMARTS) is 1. The van der Waals surface area contributed by atoms with Crippen molar-refractivity contribution >= 4 is 40.8 Å². The maximum Gasteiger partial charge on any atom is 0.307 e. The van der Waals surface area contributed by atoms with Gasteiger partial charge >= 0.3 is 5.97 Å². The summed E-state index contributed by atoms with van der Waals surface area (Å²) >= 11 is 6.33. The first-order valence-electron chi connectivity index (χ1n) is 10.3. The minimum atomic E-state index is -0.930. The van der Waals surface area contributed by atoms with Gasteiger partial charge in [0.15, 0.2) is 0 Å². The van der Waals surface area contributed by atoms with E-state index in [0.29, 0.717) is 22.8 Å². The maximum absolute atomic E-state index is 12.8. The molecule has 7 heteroatoms. The molecule has 2 amide bonds. The number of carbonyl (C=O) groups excluding carboxylic acids is 2. The van der Waals surface area contributed by atoms with E-state index in [2.05, 4.69) is 10.6 Å². The molecule has 1 aromatic carbocycles. The molecule has 3 aliphatic carbocycles. The van der Waals surface area contributed by atoms with E-state index in [4.69, 9.17) is 11.6 Å². The number of allylic oxidation sites excluding steroid dienone is 2. The molecule has 0 aliphatic heterocycles. The van der Waals surface area contributed by atoms with Gasteiger partial charge in [0.25, 0.3) is 0 Å². The minimum Gasteiger partial charge on any atom is -0.481 e. The number of carbonyl (C=O) groups is 3. The van der Waals surface area contributed by atoms with Gasteiger partial charge in [-0.2, -0.15) is 0 Å². The largest absolute Gasteiger partial charge is 0.481 e. The number of anilines is 2. The number of benzene rings is 1. The van der Waals surface area contributed by atoms with Crippen LogP contribution in [0.1, 0.15) is 38.5 Å². The second-order valence-electron chi connectivity index (χ2n) is 8.35. The van der Waals surface area contributed by atoms with Crippen LogP contribution in [0.4, 0.5) is 11.4 Å². The molecule has 4 rings (SSSR count). The molecule has 154 valence electrons. The van der Waals surface area contributed by atoms with Crippen molar-refractivity contribution in [3.05, 3.63) is 35.4 Å². The smallest absolute Gasteiger partial charge is 0.307 e. The van der Waals surface area contributed by atoms with E-state index in [1.54, 1.807) is 18.2 Å². The lowest BCUT2D eigenvalue weighted by Gasteiger charge is -2.24. The molecule has 0 unspecified atom stereocenters. The van der Waals surface area contributed by atoms with Gasteiger partial charge in [-0.15, -0.1) is 0 Å². The molecule has 3 aliphatic rings. The number of carboxylic acids is 1. The summed E-state index contributed by atoms with van der Waals surface area (Å²) in [6, 6.07) is 4.95. The number of amides is 2. The molecule has 29 heavy (non-hydrogen) atoms. The fourth-order valence-electron chi connectivity index (χ4n) is 5.04. The van der Waals surface area contributed by atoms with E-state index >= 15 is 0 Å². The number of fused-ring (bicyclic) bond motifs is 2. The monoisotopic (exact) mass is 416 g/mol. The van der Waals surface area contributed by atoms with Crippen LogP contribution in [0.15, 0.2) is 30.4 Å². The average Bonchev–Trinajstić information content (AvgIpc) is 3.32. The molecule has 2 fully saturated rings. The SMILES string of the molecule is O=C(Nc1ccc(NC(=O)[C@@H]2[C@@H](C(=O)O)[C@H]3C=C[C@H]2C3)cc1Cl)C1CCCCC1. The van der Waals surface area contributed by atoms with Crippen molar-refractivity contribution in [2.75, 3.05) is 10.6 Å². The Morgan fingerprint density at radius 3 is 2.28 bits per heavy atom. The first kappa shape index (κ1) is 20.0. The second-order valence-corrected chi connectivity index (χ2v) is 8.75. The van der Waals surface area contributed by atoms with E-state index in [-0.39, 0.29) is 29.6 Å². The third-order valence-corrected chi connectivity index (χ3v) is 6.83.